The number of amides is 1. The Labute approximate surface area is 170 Å². The van der Waals surface area contributed by atoms with Gasteiger partial charge in [-0.1, -0.05) is 13.3 Å². The van der Waals surface area contributed by atoms with Crippen molar-refractivity contribution in [1.82, 2.24) is 4.90 Å². The Balaban J connectivity index is 1.82. The summed E-state index contributed by atoms with van der Waals surface area (Å²) in [5.41, 5.74) is 0. The second-order valence-electron chi connectivity index (χ2n) is 6.99. The summed E-state index contributed by atoms with van der Waals surface area (Å²) in [4.78, 5) is 39.6. The Morgan fingerprint density at radius 1 is 1.25 bits per heavy atom. The maximum Gasteiger partial charge on any atom is 0.306 e. The molecule has 0 N–H and O–H groups in total. The Morgan fingerprint density at radius 2 is 2.00 bits per heavy atom. The molecule has 2 heterocycles. The van der Waals surface area contributed by atoms with Crippen molar-refractivity contribution in [3.8, 4) is 0 Å². The molecule has 1 aliphatic rings. The van der Waals surface area contributed by atoms with Crippen molar-refractivity contribution in [1.29, 1.82) is 0 Å². The lowest BCUT2D eigenvalue weighted by atomic mass is 10.2. The van der Waals surface area contributed by atoms with Gasteiger partial charge in [0, 0.05) is 23.9 Å². The molecule has 0 saturated carbocycles. The number of hydrogen-bond acceptors (Lipinski definition) is 7. The smallest absolute Gasteiger partial charge is 0.306 e. The van der Waals surface area contributed by atoms with Gasteiger partial charge in [-0.05, 0) is 31.9 Å². The Bertz CT molecular complexity index is 814. The van der Waals surface area contributed by atoms with Crippen molar-refractivity contribution in [2.24, 2.45) is 0 Å². The number of rotatable bonds is 10. The fourth-order valence-electron chi connectivity index (χ4n) is 3.08. The predicted molar refractivity (Wildman–Crippen MR) is 107 cm³/mol. The van der Waals surface area contributed by atoms with Gasteiger partial charge in [0.25, 0.3) is 5.91 Å². The first-order chi connectivity index (χ1) is 13.2. The lowest BCUT2D eigenvalue weighted by molar-refractivity contribution is -0.152. The predicted octanol–water partition coefficient (Wildman–Crippen LogP) is 2.38. The highest BCUT2D eigenvalue weighted by Gasteiger charge is 2.34. The molecule has 1 unspecified atom stereocenters. The zero-order chi connectivity index (χ0) is 20.7. The van der Waals surface area contributed by atoms with Gasteiger partial charge in [0.2, 0.25) is 0 Å². The van der Waals surface area contributed by atoms with Gasteiger partial charge in [-0.25, -0.2) is 8.42 Å². The van der Waals surface area contributed by atoms with Crippen LogP contribution in [0, 0.1) is 6.92 Å². The molecular weight excluding hydrogens is 402 g/mol. The van der Waals surface area contributed by atoms with E-state index in [1.54, 1.807) is 6.07 Å². The van der Waals surface area contributed by atoms with Gasteiger partial charge in [-0.3, -0.25) is 14.4 Å². The first kappa shape index (κ1) is 22.5. The van der Waals surface area contributed by atoms with Crippen LogP contribution in [0.25, 0.3) is 0 Å². The first-order valence-electron chi connectivity index (χ1n) is 9.47. The number of aryl methyl sites for hydroxylation is 1. The number of thiophene rings is 1. The molecule has 0 radical (unpaired) electrons. The molecule has 7 nitrogen and oxygen atoms in total. The SMILES string of the molecule is CCCCN(C(=O)COC(=O)CCC(=O)c1ccc(C)s1)C1CCS(=O)(=O)C1. The van der Waals surface area contributed by atoms with Crippen molar-refractivity contribution < 1.29 is 27.5 Å². The van der Waals surface area contributed by atoms with Crippen molar-refractivity contribution in [2.45, 2.75) is 52.0 Å². The summed E-state index contributed by atoms with van der Waals surface area (Å²) in [5.74, 6) is -1.07. The largest absolute Gasteiger partial charge is 0.456 e. The zero-order valence-corrected chi connectivity index (χ0v) is 17.9. The standard InChI is InChI=1S/C19H27NO6S2/c1-3-4-10-20(15-9-11-28(24,25)13-15)18(22)12-26-19(23)8-6-16(21)17-7-5-14(2)27-17/h5,7,15H,3-4,6,8-13H2,1-2H3. The third kappa shape index (κ3) is 6.70. The number of unbranched alkanes of at least 4 members (excludes halogenated alkanes) is 1. The molecule has 1 aromatic rings. The van der Waals surface area contributed by atoms with Gasteiger partial charge in [-0.2, -0.15) is 0 Å². The second-order valence-corrected chi connectivity index (χ2v) is 10.5. The van der Waals surface area contributed by atoms with E-state index in [4.69, 9.17) is 4.74 Å². The van der Waals surface area contributed by atoms with E-state index < -0.39 is 22.4 Å². The number of esters is 1. The monoisotopic (exact) mass is 429 g/mol. The lowest BCUT2D eigenvalue weighted by Crippen LogP contribution is -2.43. The number of Topliss-reactive ketones (excluding diaryl/α,β-unsaturated/α-hetero) is 1. The first-order valence-corrected chi connectivity index (χ1v) is 12.1. The summed E-state index contributed by atoms with van der Waals surface area (Å²) in [5, 5.41) is 0. The van der Waals surface area contributed by atoms with Crippen LogP contribution in [0.3, 0.4) is 0 Å². The summed E-state index contributed by atoms with van der Waals surface area (Å²) in [6, 6.07) is 3.23. The highest BCUT2D eigenvalue weighted by atomic mass is 32.2. The molecule has 1 amide bonds. The van der Waals surface area contributed by atoms with E-state index in [1.807, 2.05) is 19.9 Å². The molecule has 1 aliphatic heterocycles. The second kappa shape index (κ2) is 10.2. The molecule has 9 heteroatoms. The minimum Gasteiger partial charge on any atom is -0.456 e. The number of ketones is 1. The van der Waals surface area contributed by atoms with E-state index >= 15 is 0 Å². The van der Waals surface area contributed by atoms with E-state index in [1.165, 1.54) is 16.2 Å². The highest BCUT2D eigenvalue weighted by Crippen LogP contribution is 2.19. The quantitative estimate of drug-likeness (QED) is 0.418. The molecule has 28 heavy (non-hydrogen) atoms. The molecule has 1 fully saturated rings. The number of sulfone groups is 1. The third-order valence-electron chi connectivity index (χ3n) is 4.65. The molecular formula is C19H27NO6S2. The highest BCUT2D eigenvalue weighted by molar-refractivity contribution is 7.91. The maximum atomic E-state index is 12.5. The van der Waals surface area contributed by atoms with Gasteiger partial charge in [-0.15, -0.1) is 11.3 Å². The Kier molecular flexibility index (Phi) is 8.18. The summed E-state index contributed by atoms with van der Waals surface area (Å²) < 4.78 is 28.5. The van der Waals surface area contributed by atoms with E-state index in [2.05, 4.69) is 0 Å². The van der Waals surface area contributed by atoms with Crippen LogP contribution in [-0.2, 0) is 24.2 Å². The third-order valence-corrected chi connectivity index (χ3v) is 7.44. The van der Waals surface area contributed by atoms with Gasteiger partial charge in [0.15, 0.2) is 22.2 Å². The van der Waals surface area contributed by atoms with Gasteiger partial charge < -0.3 is 9.64 Å². The van der Waals surface area contributed by atoms with Crippen LogP contribution in [0.5, 0.6) is 0 Å². The summed E-state index contributed by atoms with van der Waals surface area (Å²) >= 11 is 1.38. The molecule has 1 saturated heterocycles. The van der Waals surface area contributed by atoms with Crippen LogP contribution in [-0.4, -0.2) is 61.7 Å². The van der Waals surface area contributed by atoms with Crippen molar-refractivity contribution in [3.63, 3.8) is 0 Å². The minimum atomic E-state index is -3.11. The van der Waals surface area contributed by atoms with E-state index in [0.29, 0.717) is 17.8 Å². The Morgan fingerprint density at radius 3 is 2.57 bits per heavy atom. The minimum absolute atomic E-state index is 0.0351. The van der Waals surface area contributed by atoms with Crippen LogP contribution in [0.2, 0.25) is 0 Å². The molecule has 0 bridgehead atoms. The number of carbonyl (C=O) groups excluding carboxylic acids is 3. The van der Waals surface area contributed by atoms with Crippen molar-refractivity contribution in [3.05, 3.63) is 21.9 Å². The van der Waals surface area contributed by atoms with Crippen LogP contribution >= 0.6 is 11.3 Å². The summed E-state index contributed by atoms with van der Waals surface area (Å²) in [7, 11) is -3.11. The van der Waals surface area contributed by atoms with Crippen LogP contribution < -0.4 is 0 Å². The molecule has 0 aromatic carbocycles. The molecule has 0 spiro atoms. The van der Waals surface area contributed by atoms with E-state index in [9.17, 15) is 22.8 Å². The van der Waals surface area contributed by atoms with Gasteiger partial charge in [0.05, 0.1) is 22.8 Å². The number of carbonyl (C=O) groups is 3. The lowest BCUT2D eigenvalue weighted by Gasteiger charge is -2.28. The number of hydrogen-bond donors (Lipinski definition) is 0. The van der Waals surface area contributed by atoms with E-state index in [0.717, 1.165) is 17.7 Å². The summed E-state index contributed by atoms with van der Waals surface area (Å²) in [6.07, 6.45) is 1.99. The molecule has 1 aromatic heterocycles. The van der Waals surface area contributed by atoms with Crippen LogP contribution in [0.15, 0.2) is 12.1 Å². The zero-order valence-electron chi connectivity index (χ0n) is 16.3. The molecule has 1 atom stereocenters. The van der Waals surface area contributed by atoms with Gasteiger partial charge >= 0.3 is 5.97 Å². The van der Waals surface area contributed by atoms with Crippen molar-refractivity contribution >= 4 is 38.8 Å². The average Bonchev–Trinajstić information content (AvgIpc) is 3.23. The topological polar surface area (TPSA) is 97.8 Å². The fraction of sp³-hybridized carbons (Fsp3) is 0.632. The molecule has 156 valence electrons. The maximum absolute atomic E-state index is 12.5. The van der Waals surface area contributed by atoms with Crippen LogP contribution in [0.4, 0.5) is 0 Å². The fourth-order valence-corrected chi connectivity index (χ4v) is 5.65. The van der Waals surface area contributed by atoms with Crippen LogP contribution in [0.1, 0.15) is 53.6 Å². The number of ether oxygens (including phenoxy) is 1. The normalized spacial score (nSPS) is 18.0. The number of nitrogens with zero attached hydrogens (tertiary/aromatic N) is 1. The van der Waals surface area contributed by atoms with Crippen molar-refractivity contribution in [2.75, 3.05) is 24.7 Å². The average molecular weight is 430 g/mol. The van der Waals surface area contributed by atoms with E-state index in [-0.39, 0.29) is 42.1 Å². The van der Waals surface area contributed by atoms with Gasteiger partial charge in [0.1, 0.15) is 0 Å². The summed E-state index contributed by atoms with van der Waals surface area (Å²) in [6.45, 7) is 3.91. The molecule has 0 aliphatic carbocycles. The molecule has 2 rings (SSSR count). The Hall–Kier alpha value is -1.74.